The van der Waals surface area contributed by atoms with Gasteiger partial charge in [0.25, 0.3) is 0 Å². The number of cyclic esters (lactones) is 1. The van der Waals surface area contributed by atoms with E-state index in [1.54, 1.807) is 11.9 Å². The van der Waals surface area contributed by atoms with Gasteiger partial charge in [0.2, 0.25) is 0 Å². The SMILES string of the molecule is CCCCCC1CN(C)C(=O)O1. The van der Waals surface area contributed by atoms with Gasteiger partial charge in [-0.1, -0.05) is 19.8 Å². The predicted molar refractivity (Wildman–Crippen MR) is 47.0 cm³/mol. The summed E-state index contributed by atoms with van der Waals surface area (Å²) in [5.41, 5.74) is 0. The van der Waals surface area contributed by atoms with Crippen molar-refractivity contribution in [2.75, 3.05) is 13.6 Å². The van der Waals surface area contributed by atoms with Crippen molar-refractivity contribution >= 4 is 6.09 Å². The number of ether oxygens (including phenoxy) is 1. The molecule has 1 heterocycles. The molecule has 0 bridgehead atoms. The van der Waals surface area contributed by atoms with Crippen LogP contribution in [0.1, 0.15) is 32.6 Å². The molecule has 0 N–H and O–H groups in total. The number of carbonyl (C=O) groups is 1. The zero-order valence-corrected chi connectivity index (χ0v) is 7.88. The molecular formula is C9H17NO2. The summed E-state index contributed by atoms with van der Waals surface area (Å²) in [6, 6.07) is 0. The van der Waals surface area contributed by atoms with Gasteiger partial charge in [-0.05, 0) is 12.8 Å². The van der Waals surface area contributed by atoms with Crippen LogP contribution in [0, 0.1) is 0 Å². The lowest BCUT2D eigenvalue weighted by atomic mass is 10.1. The van der Waals surface area contributed by atoms with E-state index in [1.807, 2.05) is 0 Å². The predicted octanol–water partition coefficient (Wildman–Crippen LogP) is 2.02. The van der Waals surface area contributed by atoms with Gasteiger partial charge in [0.1, 0.15) is 6.10 Å². The Morgan fingerprint density at radius 1 is 1.58 bits per heavy atom. The van der Waals surface area contributed by atoms with Crippen LogP contribution in [0.15, 0.2) is 0 Å². The highest BCUT2D eigenvalue weighted by Crippen LogP contribution is 2.14. The number of unbranched alkanes of at least 4 members (excludes halogenated alkanes) is 2. The van der Waals surface area contributed by atoms with Crippen molar-refractivity contribution in [2.45, 2.75) is 38.7 Å². The van der Waals surface area contributed by atoms with E-state index in [1.165, 1.54) is 19.3 Å². The Morgan fingerprint density at radius 2 is 2.33 bits per heavy atom. The molecule has 12 heavy (non-hydrogen) atoms. The summed E-state index contributed by atoms with van der Waals surface area (Å²) in [5, 5.41) is 0. The molecule has 1 aliphatic rings. The first-order valence-electron chi connectivity index (χ1n) is 4.65. The van der Waals surface area contributed by atoms with Crippen LogP contribution in [0.3, 0.4) is 0 Å². The molecule has 1 amide bonds. The van der Waals surface area contributed by atoms with E-state index in [0.717, 1.165) is 13.0 Å². The van der Waals surface area contributed by atoms with Crippen molar-refractivity contribution in [3.8, 4) is 0 Å². The van der Waals surface area contributed by atoms with Crippen LogP contribution < -0.4 is 0 Å². The van der Waals surface area contributed by atoms with Crippen molar-refractivity contribution in [1.82, 2.24) is 4.90 Å². The molecule has 0 aromatic carbocycles. The Hall–Kier alpha value is -0.730. The van der Waals surface area contributed by atoms with Gasteiger partial charge >= 0.3 is 6.09 Å². The van der Waals surface area contributed by atoms with Crippen LogP contribution in [0.4, 0.5) is 4.79 Å². The smallest absolute Gasteiger partial charge is 0.409 e. The molecule has 0 aliphatic carbocycles. The maximum atomic E-state index is 10.9. The van der Waals surface area contributed by atoms with Gasteiger partial charge in [-0.2, -0.15) is 0 Å². The van der Waals surface area contributed by atoms with E-state index in [-0.39, 0.29) is 12.2 Å². The molecule has 0 spiro atoms. The summed E-state index contributed by atoms with van der Waals surface area (Å²) in [7, 11) is 1.78. The molecule has 0 saturated carbocycles. The van der Waals surface area contributed by atoms with Gasteiger partial charge in [0.15, 0.2) is 0 Å². The largest absolute Gasteiger partial charge is 0.444 e. The number of nitrogens with zero attached hydrogens (tertiary/aromatic N) is 1. The van der Waals surface area contributed by atoms with Crippen LogP contribution in [0.5, 0.6) is 0 Å². The zero-order valence-electron chi connectivity index (χ0n) is 7.88. The third-order valence-electron chi connectivity index (χ3n) is 2.19. The van der Waals surface area contributed by atoms with Gasteiger partial charge in [-0.25, -0.2) is 4.79 Å². The Bertz CT molecular complexity index is 159. The van der Waals surface area contributed by atoms with Crippen LogP contribution in [-0.2, 0) is 4.74 Å². The van der Waals surface area contributed by atoms with Crippen LogP contribution in [0.2, 0.25) is 0 Å². The lowest BCUT2D eigenvalue weighted by Crippen LogP contribution is -2.19. The lowest BCUT2D eigenvalue weighted by Gasteiger charge is -2.06. The molecule has 0 aromatic rings. The molecular weight excluding hydrogens is 154 g/mol. The summed E-state index contributed by atoms with van der Waals surface area (Å²) >= 11 is 0. The molecule has 3 heteroatoms. The first kappa shape index (κ1) is 9.36. The van der Waals surface area contributed by atoms with Crippen molar-refractivity contribution in [3.05, 3.63) is 0 Å². The summed E-state index contributed by atoms with van der Waals surface area (Å²) in [4.78, 5) is 12.6. The van der Waals surface area contributed by atoms with Crippen LogP contribution >= 0.6 is 0 Å². The van der Waals surface area contributed by atoms with Gasteiger partial charge in [-0.15, -0.1) is 0 Å². The second-order valence-corrected chi connectivity index (χ2v) is 3.38. The third-order valence-corrected chi connectivity index (χ3v) is 2.19. The molecule has 1 aliphatic heterocycles. The quantitative estimate of drug-likeness (QED) is 0.605. The average Bonchev–Trinajstić information content (AvgIpc) is 2.32. The molecule has 0 aromatic heterocycles. The molecule has 1 rings (SSSR count). The standard InChI is InChI=1S/C9H17NO2/c1-3-4-5-6-8-7-10(2)9(11)12-8/h8H,3-7H2,1-2H3. The maximum Gasteiger partial charge on any atom is 0.409 e. The molecule has 1 saturated heterocycles. The lowest BCUT2D eigenvalue weighted by molar-refractivity contribution is 0.129. The molecule has 1 fully saturated rings. The monoisotopic (exact) mass is 171 g/mol. The van der Waals surface area contributed by atoms with E-state index in [2.05, 4.69) is 6.92 Å². The highest BCUT2D eigenvalue weighted by atomic mass is 16.6. The minimum Gasteiger partial charge on any atom is -0.444 e. The molecule has 0 radical (unpaired) electrons. The Balaban J connectivity index is 2.14. The molecule has 3 nitrogen and oxygen atoms in total. The molecule has 1 unspecified atom stereocenters. The summed E-state index contributed by atoms with van der Waals surface area (Å²) < 4.78 is 5.11. The summed E-state index contributed by atoms with van der Waals surface area (Å²) in [6.07, 6.45) is 4.62. The normalized spacial score (nSPS) is 23.0. The van der Waals surface area contributed by atoms with E-state index in [4.69, 9.17) is 4.74 Å². The zero-order chi connectivity index (χ0) is 8.97. The van der Waals surface area contributed by atoms with Crippen molar-refractivity contribution in [2.24, 2.45) is 0 Å². The van der Waals surface area contributed by atoms with Gasteiger partial charge in [-0.3, -0.25) is 0 Å². The molecule has 70 valence electrons. The fourth-order valence-corrected chi connectivity index (χ4v) is 1.42. The van der Waals surface area contributed by atoms with Crippen LogP contribution in [-0.4, -0.2) is 30.7 Å². The highest BCUT2D eigenvalue weighted by Gasteiger charge is 2.27. The Labute approximate surface area is 73.7 Å². The average molecular weight is 171 g/mol. The van der Waals surface area contributed by atoms with Gasteiger partial charge in [0, 0.05) is 7.05 Å². The van der Waals surface area contributed by atoms with Gasteiger partial charge < -0.3 is 9.64 Å². The van der Waals surface area contributed by atoms with E-state index >= 15 is 0 Å². The Morgan fingerprint density at radius 3 is 2.83 bits per heavy atom. The number of hydrogen-bond donors (Lipinski definition) is 0. The fourth-order valence-electron chi connectivity index (χ4n) is 1.42. The van der Waals surface area contributed by atoms with Gasteiger partial charge in [0.05, 0.1) is 6.54 Å². The number of rotatable bonds is 4. The minimum absolute atomic E-state index is 0.147. The topological polar surface area (TPSA) is 29.5 Å². The number of amides is 1. The first-order valence-corrected chi connectivity index (χ1v) is 4.65. The Kier molecular flexibility index (Phi) is 3.38. The highest BCUT2D eigenvalue weighted by molar-refractivity contribution is 5.69. The fraction of sp³-hybridized carbons (Fsp3) is 0.889. The first-order chi connectivity index (χ1) is 5.74. The van der Waals surface area contributed by atoms with Crippen LogP contribution in [0.25, 0.3) is 0 Å². The van der Waals surface area contributed by atoms with Crippen molar-refractivity contribution < 1.29 is 9.53 Å². The number of carbonyl (C=O) groups excluding carboxylic acids is 1. The minimum atomic E-state index is -0.170. The third kappa shape index (κ3) is 2.40. The van der Waals surface area contributed by atoms with E-state index in [9.17, 15) is 4.79 Å². The second-order valence-electron chi connectivity index (χ2n) is 3.38. The number of likely N-dealkylation sites (N-methyl/N-ethyl adjacent to an activating group) is 1. The van der Waals surface area contributed by atoms with Crippen molar-refractivity contribution in [1.29, 1.82) is 0 Å². The maximum absolute atomic E-state index is 10.9. The summed E-state index contributed by atoms with van der Waals surface area (Å²) in [5.74, 6) is 0. The van der Waals surface area contributed by atoms with Crippen molar-refractivity contribution in [3.63, 3.8) is 0 Å². The second kappa shape index (κ2) is 4.33. The summed E-state index contributed by atoms with van der Waals surface area (Å²) in [6.45, 7) is 2.94. The van der Waals surface area contributed by atoms with E-state index in [0.29, 0.717) is 0 Å². The molecule has 1 atom stereocenters. The van der Waals surface area contributed by atoms with E-state index < -0.39 is 0 Å². The number of hydrogen-bond acceptors (Lipinski definition) is 2.